The standard InChI is InChI=1S/C17H23N5/c1-14-4-3-5-16(19-14)7-9-21-10-12-22(13-11-21)17-18-8-6-15(2)20-17/h3-6,8H,7,9-13H2,1-2H3. The molecule has 2 aromatic heterocycles. The molecule has 3 heterocycles. The summed E-state index contributed by atoms with van der Waals surface area (Å²) in [5.74, 6) is 0.861. The van der Waals surface area contributed by atoms with Gasteiger partial charge in [0.25, 0.3) is 0 Å². The van der Waals surface area contributed by atoms with Gasteiger partial charge in [0.2, 0.25) is 5.95 Å². The third-order valence-corrected chi connectivity index (χ3v) is 4.07. The second-order valence-corrected chi connectivity index (χ2v) is 5.85. The Bertz CT molecular complexity index is 620. The third-order valence-electron chi connectivity index (χ3n) is 4.07. The van der Waals surface area contributed by atoms with Gasteiger partial charge in [-0.15, -0.1) is 0 Å². The summed E-state index contributed by atoms with van der Waals surface area (Å²) in [4.78, 5) is 18.2. The van der Waals surface area contributed by atoms with Crippen LogP contribution >= 0.6 is 0 Å². The molecular formula is C17H23N5. The molecule has 0 radical (unpaired) electrons. The van der Waals surface area contributed by atoms with E-state index in [0.717, 1.165) is 56.5 Å². The first kappa shape index (κ1) is 14.9. The quantitative estimate of drug-likeness (QED) is 0.862. The fourth-order valence-electron chi connectivity index (χ4n) is 2.77. The zero-order chi connectivity index (χ0) is 15.4. The molecule has 0 N–H and O–H groups in total. The number of piperazine rings is 1. The molecule has 1 saturated heterocycles. The van der Waals surface area contributed by atoms with Crippen LogP contribution in [0.15, 0.2) is 30.5 Å². The Morgan fingerprint density at radius 3 is 2.45 bits per heavy atom. The van der Waals surface area contributed by atoms with Crippen LogP contribution in [0.25, 0.3) is 0 Å². The van der Waals surface area contributed by atoms with Crippen LogP contribution in [0.1, 0.15) is 17.1 Å². The van der Waals surface area contributed by atoms with E-state index in [4.69, 9.17) is 0 Å². The molecule has 1 aliphatic rings. The minimum absolute atomic E-state index is 0.861. The summed E-state index contributed by atoms with van der Waals surface area (Å²) in [6.45, 7) is 9.22. The summed E-state index contributed by atoms with van der Waals surface area (Å²) < 4.78 is 0. The van der Waals surface area contributed by atoms with E-state index < -0.39 is 0 Å². The van der Waals surface area contributed by atoms with Crippen molar-refractivity contribution in [3.63, 3.8) is 0 Å². The number of nitrogens with zero attached hydrogens (tertiary/aromatic N) is 5. The largest absolute Gasteiger partial charge is 0.338 e. The molecule has 0 aliphatic carbocycles. The molecule has 116 valence electrons. The van der Waals surface area contributed by atoms with Gasteiger partial charge in [-0.25, -0.2) is 9.97 Å². The van der Waals surface area contributed by atoms with E-state index in [1.807, 2.05) is 32.2 Å². The van der Waals surface area contributed by atoms with Gasteiger partial charge in [-0.3, -0.25) is 9.88 Å². The van der Waals surface area contributed by atoms with Gasteiger partial charge < -0.3 is 4.90 Å². The molecule has 1 fully saturated rings. The Labute approximate surface area is 132 Å². The van der Waals surface area contributed by atoms with Gasteiger partial charge in [0.05, 0.1) is 0 Å². The molecular weight excluding hydrogens is 274 g/mol. The second-order valence-electron chi connectivity index (χ2n) is 5.85. The third kappa shape index (κ3) is 3.80. The van der Waals surface area contributed by atoms with Crippen LogP contribution < -0.4 is 4.90 Å². The number of hydrogen-bond donors (Lipinski definition) is 0. The number of pyridine rings is 1. The lowest BCUT2D eigenvalue weighted by atomic mass is 10.2. The molecule has 0 aromatic carbocycles. The Kier molecular flexibility index (Phi) is 4.63. The Morgan fingerprint density at radius 2 is 1.73 bits per heavy atom. The Balaban J connectivity index is 1.49. The maximum Gasteiger partial charge on any atom is 0.225 e. The molecule has 0 unspecified atom stereocenters. The first-order valence-electron chi connectivity index (χ1n) is 7.90. The van der Waals surface area contributed by atoms with Crippen molar-refractivity contribution in [1.29, 1.82) is 0 Å². The van der Waals surface area contributed by atoms with E-state index in [1.54, 1.807) is 0 Å². The average molecular weight is 297 g/mol. The monoisotopic (exact) mass is 297 g/mol. The Hall–Kier alpha value is -2.01. The van der Waals surface area contributed by atoms with Crippen molar-refractivity contribution in [2.75, 3.05) is 37.6 Å². The predicted octanol–water partition coefficient (Wildman–Crippen LogP) is 1.85. The highest BCUT2D eigenvalue weighted by molar-refractivity contribution is 5.30. The van der Waals surface area contributed by atoms with Crippen molar-refractivity contribution >= 4 is 5.95 Å². The van der Waals surface area contributed by atoms with Crippen LogP contribution in [0.5, 0.6) is 0 Å². The average Bonchev–Trinajstić information content (AvgIpc) is 2.54. The summed E-state index contributed by atoms with van der Waals surface area (Å²) in [6, 6.07) is 8.19. The minimum Gasteiger partial charge on any atom is -0.338 e. The van der Waals surface area contributed by atoms with E-state index in [9.17, 15) is 0 Å². The SMILES string of the molecule is Cc1cccc(CCN2CCN(c3nccc(C)n3)CC2)n1. The summed E-state index contributed by atoms with van der Waals surface area (Å²) in [7, 11) is 0. The topological polar surface area (TPSA) is 45.2 Å². The molecule has 0 spiro atoms. The van der Waals surface area contributed by atoms with E-state index in [2.05, 4.69) is 36.9 Å². The van der Waals surface area contributed by atoms with Crippen molar-refractivity contribution < 1.29 is 0 Å². The minimum atomic E-state index is 0.861. The summed E-state index contributed by atoms with van der Waals surface area (Å²) in [5.41, 5.74) is 3.31. The molecule has 0 amide bonds. The zero-order valence-electron chi connectivity index (χ0n) is 13.4. The van der Waals surface area contributed by atoms with Crippen molar-refractivity contribution in [3.05, 3.63) is 47.5 Å². The molecule has 3 rings (SSSR count). The lowest BCUT2D eigenvalue weighted by molar-refractivity contribution is 0.259. The molecule has 0 atom stereocenters. The molecule has 2 aromatic rings. The lowest BCUT2D eigenvalue weighted by Crippen LogP contribution is -2.47. The Morgan fingerprint density at radius 1 is 0.955 bits per heavy atom. The highest BCUT2D eigenvalue weighted by Crippen LogP contribution is 2.11. The van der Waals surface area contributed by atoms with Gasteiger partial charge in [-0.2, -0.15) is 0 Å². The maximum atomic E-state index is 4.57. The van der Waals surface area contributed by atoms with Crippen molar-refractivity contribution in [2.24, 2.45) is 0 Å². The summed E-state index contributed by atoms with van der Waals surface area (Å²) in [6.07, 6.45) is 2.86. The summed E-state index contributed by atoms with van der Waals surface area (Å²) in [5, 5.41) is 0. The van der Waals surface area contributed by atoms with E-state index in [-0.39, 0.29) is 0 Å². The van der Waals surface area contributed by atoms with E-state index in [0.29, 0.717) is 0 Å². The molecule has 1 aliphatic heterocycles. The fourth-order valence-corrected chi connectivity index (χ4v) is 2.77. The fraction of sp³-hybridized carbons (Fsp3) is 0.471. The maximum absolute atomic E-state index is 4.57. The first-order valence-corrected chi connectivity index (χ1v) is 7.90. The van der Waals surface area contributed by atoms with Crippen molar-refractivity contribution in [1.82, 2.24) is 19.9 Å². The van der Waals surface area contributed by atoms with Gasteiger partial charge in [0.1, 0.15) is 0 Å². The van der Waals surface area contributed by atoms with Gasteiger partial charge in [0.15, 0.2) is 0 Å². The van der Waals surface area contributed by atoms with Crippen LogP contribution in [0.3, 0.4) is 0 Å². The normalized spacial score (nSPS) is 16.0. The van der Waals surface area contributed by atoms with Gasteiger partial charge >= 0.3 is 0 Å². The highest BCUT2D eigenvalue weighted by atomic mass is 15.3. The number of aryl methyl sites for hydroxylation is 2. The number of hydrogen-bond acceptors (Lipinski definition) is 5. The van der Waals surface area contributed by atoms with Crippen LogP contribution in [0.2, 0.25) is 0 Å². The second kappa shape index (κ2) is 6.83. The zero-order valence-corrected chi connectivity index (χ0v) is 13.4. The van der Waals surface area contributed by atoms with Crippen LogP contribution in [-0.2, 0) is 6.42 Å². The van der Waals surface area contributed by atoms with Gasteiger partial charge in [-0.05, 0) is 32.0 Å². The van der Waals surface area contributed by atoms with Gasteiger partial charge in [0, 0.05) is 62.4 Å². The van der Waals surface area contributed by atoms with Gasteiger partial charge in [-0.1, -0.05) is 6.07 Å². The van der Waals surface area contributed by atoms with Crippen LogP contribution in [-0.4, -0.2) is 52.6 Å². The number of aromatic nitrogens is 3. The molecule has 22 heavy (non-hydrogen) atoms. The lowest BCUT2D eigenvalue weighted by Gasteiger charge is -2.34. The number of rotatable bonds is 4. The first-order chi connectivity index (χ1) is 10.7. The summed E-state index contributed by atoms with van der Waals surface area (Å²) >= 11 is 0. The van der Waals surface area contributed by atoms with Crippen molar-refractivity contribution in [2.45, 2.75) is 20.3 Å². The van der Waals surface area contributed by atoms with E-state index in [1.165, 1.54) is 5.69 Å². The molecule has 5 heteroatoms. The molecule has 0 bridgehead atoms. The number of anilines is 1. The molecule has 0 saturated carbocycles. The van der Waals surface area contributed by atoms with Crippen LogP contribution in [0, 0.1) is 13.8 Å². The van der Waals surface area contributed by atoms with E-state index >= 15 is 0 Å². The predicted molar refractivity (Wildman–Crippen MR) is 88.1 cm³/mol. The molecule has 5 nitrogen and oxygen atoms in total. The highest BCUT2D eigenvalue weighted by Gasteiger charge is 2.18. The van der Waals surface area contributed by atoms with Crippen LogP contribution in [0.4, 0.5) is 5.95 Å². The van der Waals surface area contributed by atoms with Crippen molar-refractivity contribution in [3.8, 4) is 0 Å². The smallest absolute Gasteiger partial charge is 0.225 e.